The van der Waals surface area contributed by atoms with Gasteiger partial charge in [0.05, 0.1) is 12.6 Å². The van der Waals surface area contributed by atoms with Crippen LogP contribution in [0.5, 0.6) is 0 Å². The first kappa shape index (κ1) is 12.9. The van der Waals surface area contributed by atoms with Gasteiger partial charge in [0.1, 0.15) is 11.1 Å². The van der Waals surface area contributed by atoms with Crippen molar-refractivity contribution >= 4 is 11.8 Å². The van der Waals surface area contributed by atoms with Gasteiger partial charge in [-0.05, 0) is 46.0 Å². The minimum atomic E-state index is -0.811. The number of hydrogen-bond acceptors (Lipinski definition) is 3. The maximum Gasteiger partial charge on any atom is 0.248 e. The van der Waals surface area contributed by atoms with Crippen LogP contribution in [0, 0.1) is 5.92 Å². The van der Waals surface area contributed by atoms with Crippen molar-refractivity contribution in [2.75, 3.05) is 13.2 Å². The van der Waals surface area contributed by atoms with Crippen molar-refractivity contribution in [1.82, 2.24) is 10.2 Å². The number of piperazine rings is 1. The summed E-state index contributed by atoms with van der Waals surface area (Å²) in [4.78, 5) is 27.2. The molecule has 2 heterocycles. The number of amides is 2. The Kier molecular flexibility index (Phi) is 2.68. The fraction of sp³-hybridized carbons (Fsp3) is 0.857. The lowest BCUT2D eigenvalue weighted by molar-refractivity contribution is -0.166. The van der Waals surface area contributed by atoms with Gasteiger partial charge in [-0.25, -0.2) is 0 Å². The van der Waals surface area contributed by atoms with Crippen molar-refractivity contribution in [2.24, 2.45) is 5.92 Å². The maximum absolute atomic E-state index is 12.8. The summed E-state index contributed by atoms with van der Waals surface area (Å²) in [5, 5.41) is 2.90. The number of ether oxygens (including phenoxy) is 1. The number of rotatable bonds is 2. The van der Waals surface area contributed by atoms with Crippen LogP contribution in [0.25, 0.3) is 0 Å². The van der Waals surface area contributed by atoms with Crippen LogP contribution in [-0.4, -0.2) is 47.0 Å². The lowest BCUT2D eigenvalue weighted by Gasteiger charge is -2.51. The van der Waals surface area contributed by atoms with Crippen molar-refractivity contribution < 1.29 is 14.3 Å². The minimum Gasteiger partial charge on any atom is -0.379 e. The Balaban J connectivity index is 2.00. The van der Waals surface area contributed by atoms with Crippen LogP contribution in [0.3, 0.4) is 0 Å². The van der Waals surface area contributed by atoms with Crippen LogP contribution < -0.4 is 5.32 Å². The van der Waals surface area contributed by atoms with Crippen LogP contribution in [0.2, 0.25) is 0 Å². The van der Waals surface area contributed by atoms with E-state index in [1.807, 2.05) is 11.8 Å². The molecule has 0 aromatic carbocycles. The Hall–Kier alpha value is -1.10. The topological polar surface area (TPSA) is 58.6 Å². The average Bonchev–Trinajstić information content (AvgIpc) is 3.06. The highest BCUT2D eigenvalue weighted by atomic mass is 16.5. The van der Waals surface area contributed by atoms with Crippen LogP contribution in [0.4, 0.5) is 0 Å². The highest BCUT2D eigenvalue weighted by molar-refractivity contribution is 6.02. The minimum absolute atomic E-state index is 0.00787. The SMILES string of the molecule is CC1(C)NC(=O)C(C)(C2CC2)N(C2CCOC2)C1=O. The summed E-state index contributed by atoms with van der Waals surface area (Å²) < 4.78 is 5.43. The van der Waals surface area contributed by atoms with Gasteiger partial charge in [0, 0.05) is 6.61 Å². The second-order valence-electron chi connectivity index (χ2n) is 6.69. The molecule has 1 saturated carbocycles. The second kappa shape index (κ2) is 3.95. The molecule has 106 valence electrons. The molecule has 0 aromatic rings. The zero-order chi connectivity index (χ0) is 13.8. The van der Waals surface area contributed by atoms with Gasteiger partial charge in [-0.2, -0.15) is 0 Å². The standard InChI is InChI=1S/C14H22N2O3/c1-13(2)12(18)16(10-6-7-19-8-10)14(3,9-4-5-9)11(17)15-13/h9-10H,4-8H2,1-3H3,(H,15,17). The molecule has 2 amide bonds. The summed E-state index contributed by atoms with van der Waals surface area (Å²) in [5.41, 5.74) is -1.50. The smallest absolute Gasteiger partial charge is 0.248 e. The largest absolute Gasteiger partial charge is 0.379 e. The van der Waals surface area contributed by atoms with Gasteiger partial charge >= 0.3 is 0 Å². The molecule has 5 heteroatoms. The fourth-order valence-electron chi connectivity index (χ4n) is 3.38. The number of carbonyl (C=O) groups is 2. The Bertz CT molecular complexity index is 424. The van der Waals surface area contributed by atoms with Gasteiger partial charge < -0.3 is 15.0 Å². The molecule has 0 bridgehead atoms. The van der Waals surface area contributed by atoms with Gasteiger partial charge in [0.2, 0.25) is 11.8 Å². The van der Waals surface area contributed by atoms with Crippen molar-refractivity contribution in [1.29, 1.82) is 0 Å². The molecule has 0 spiro atoms. The van der Waals surface area contributed by atoms with E-state index in [4.69, 9.17) is 4.74 Å². The Morgan fingerprint density at radius 2 is 1.89 bits per heavy atom. The normalized spacial score (nSPS) is 38.5. The van der Waals surface area contributed by atoms with Crippen LogP contribution >= 0.6 is 0 Å². The summed E-state index contributed by atoms with van der Waals surface area (Å²) in [6, 6.07) is 0.0448. The zero-order valence-electron chi connectivity index (χ0n) is 11.9. The molecular weight excluding hydrogens is 244 g/mol. The molecule has 2 saturated heterocycles. The molecule has 2 aliphatic heterocycles. The first-order valence-corrected chi connectivity index (χ1v) is 7.11. The van der Waals surface area contributed by atoms with Crippen LogP contribution in [0.15, 0.2) is 0 Å². The van der Waals surface area contributed by atoms with Crippen LogP contribution in [-0.2, 0) is 14.3 Å². The molecule has 0 radical (unpaired) electrons. The molecule has 5 nitrogen and oxygen atoms in total. The first-order valence-electron chi connectivity index (χ1n) is 7.11. The van der Waals surface area contributed by atoms with Gasteiger partial charge in [0.25, 0.3) is 0 Å². The van der Waals surface area contributed by atoms with E-state index < -0.39 is 11.1 Å². The van der Waals surface area contributed by atoms with Crippen LogP contribution in [0.1, 0.15) is 40.0 Å². The lowest BCUT2D eigenvalue weighted by atomic mass is 9.83. The van der Waals surface area contributed by atoms with Gasteiger partial charge in [0.15, 0.2) is 0 Å². The predicted molar refractivity (Wildman–Crippen MR) is 69.4 cm³/mol. The Labute approximate surface area is 113 Å². The molecule has 3 aliphatic rings. The molecule has 2 unspecified atom stereocenters. The zero-order valence-corrected chi connectivity index (χ0v) is 11.9. The van der Waals surface area contributed by atoms with E-state index in [-0.39, 0.29) is 17.9 Å². The molecular formula is C14H22N2O3. The number of nitrogens with one attached hydrogen (secondary N) is 1. The molecule has 0 aromatic heterocycles. The van der Waals surface area contributed by atoms with Crippen molar-refractivity contribution in [2.45, 2.75) is 57.2 Å². The fourth-order valence-corrected chi connectivity index (χ4v) is 3.38. The highest BCUT2D eigenvalue weighted by Crippen LogP contribution is 2.47. The van der Waals surface area contributed by atoms with E-state index in [1.54, 1.807) is 13.8 Å². The quantitative estimate of drug-likeness (QED) is 0.799. The molecule has 19 heavy (non-hydrogen) atoms. The Morgan fingerprint density at radius 3 is 2.42 bits per heavy atom. The third-order valence-electron chi connectivity index (χ3n) is 4.78. The van der Waals surface area contributed by atoms with Crippen molar-refractivity contribution in [3.63, 3.8) is 0 Å². The van der Waals surface area contributed by atoms with Gasteiger partial charge in [-0.15, -0.1) is 0 Å². The van der Waals surface area contributed by atoms with Crippen molar-refractivity contribution in [3.05, 3.63) is 0 Å². The third-order valence-corrected chi connectivity index (χ3v) is 4.78. The van der Waals surface area contributed by atoms with E-state index in [2.05, 4.69) is 5.32 Å². The van der Waals surface area contributed by atoms with E-state index in [0.29, 0.717) is 19.1 Å². The average molecular weight is 266 g/mol. The van der Waals surface area contributed by atoms with E-state index in [1.165, 1.54) is 0 Å². The Morgan fingerprint density at radius 1 is 1.21 bits per heavy atom. The first-order chi connectivity index (χ1) is 8.87. The van der Waals surface area contributed by atoms with Crippen molar-refractivity contribution in [3.8, 4) is 0 Å². The monoisotopic (exact) mass is 266 g/mol. The summed E-state index contributed by atoms with van der Waals surface area (Å²) in [6.07, 6.45) is 2.89. The molecule has 2 atom stereocenters. The van der Waals surface area contributed by atoms with E-state index in [9.17, 15) is 9.59 Å². The number of carbonyl (C=O) groups excluding carboxylic acids is 2. The molecule has 1 N–H and O–H groups in total. The lowest BCUT2D eigenvalue weighted by Crippen LogP contribution is -2.75. The summed E-state index contributed by atoms with van der Waals surface area (Å²) in [6.45, 7) is 6.71. The van der Waals surface area contributed by atoms with Gasteiger partial charge in [-0.1, -0.05) is 0 Å². The predicted octanol–water partition coefficient (Wildman–Crippen LogP) is 0.681. The number of hydrogen-bond donors (Lipinski definition) is 1. The summed E-state index contributed by atoms with van der Waals surface area (Å²) in [7, 11) is 0. The molecule has 1 aliphatic carbocycles. The second-order valence-corrected chi connectivity index (χ2v) is 6.69. The number of nitrogens with zero attached hydrogens (tertiary/aromatic N) is 1. The van der Waals surface area contributed by atoms with E-state index >= 15 is 0 Å². The molecule has 3 rings (SSSR count). The summed E-state index contributed by atoms with van der Waals surface area (Å²) in [5.74, 6) is 0.316. The molecule has 3 fully saturated rings. The van der Waals surface area contributed by atoms with E-state index in [0.717, 1.165) is 19.3 Å². The third kappa shape index (κ3) is 1.78. The summed E-state index contributed by atoms with van der Waals surface area (Å²) >= 11 is 0. The highest BCUT2D eigenvalue weighted by Gasteiger charge is 2.60. The maximum atomic E-state index is 12.8. The van der Waals surface area contributed by atoms with Gasteiger partial charge in [-0.3, -0.25) is 9.59 Å².